The number of nitrogens with zero attached hydrogens (tertiary/aromatic N) is 1. The van der Waals surface area contributed by atoms with E-state index in [4.69, 9.17) is 15.9 Å². The zero-order valence-electron chi connectivity index (χ0n) is 15.0. The number of anilines is 2. The van der Waals surface area contributed by atoms with Crippen molar-refractivity contribution in [3.8, 4) is 11.5 Å². The normalized spacial score (nSPS) is 11.8. The maximum Gasteiger partial charge on any atom is 0.127 e. The highest BCUT2D eigenvalue weighted by Gasteiger charge is 2.22. The lowest BCUT2D eigenvalue weighted by atomic mass is 9.99. The van der Waals surface area contributed by atoms with Crippen LogP contribution in [0.3, 0.4) is 0 Å². The van der Waals surface area contributed by atoms with Crippen LogP contribution in [0, 0.1) is 5.41 Å². The van der Waals surface area contributed by atoms with E-state index < -0.39 is 0 Å². The van der Waals surface area contributed by atoms with Crippen LogP contribution < -0.4 is 15.8 Å². The highest BCUT2D eigenvalue weighted by Crippen LogP contribution is 2.33. The van der Waals surface area contributed by atoms with Crippen LogP contribution in [-0.2, 0) is 0 Å². The van der Waals surface area contributed by atoms with Gasteiger partial charge in [0.2, 0.25) is 0 Å². The number of amidine groups is 1. The Hall–Kier alpha value is -2.90. The number of aromatic nitrogens is 1. The van der Waals surface area contributed by atoms with Crippen molar-refractivity contribution in [1.82, 2.24) is 4.37 Å². The van der Waals surface area contributed by atoms with Crippen LogP contribution in [0.1, 0.15) is 30.5 Å². The Balaban J connectivity index is 1.78. The molecule has 2 aromatic carbocycles. The molecule has 0 aliphatic heterocycles. The fourth-order valence-corrected chi connectivity index (χ4v) is 3.60. The van der Waals surface area contributed by atoms with Gasteiger partial charge in [0.25, 0.3) is 0 Å². The van der Waals surface area contributed by atoms with Gasteiger partial charge in [0.05, 0.1) is 17.9 Å². The third-order valence-corrected chi connectivity index (χ3v) is 4.96. The topological polar surface area (TPSA) is 104 Å². The average molecular weight is 382 g/mol. The Labute approximate surface area is 162 Å². The molecule has 1 atom stereocenters. The summed E-state index contributed by atoms with van der Waals surface area (Å²) in [7, 11) is 0. The van der Waals surface area contributed by atoms with Gasteiger partial charge in [-0.2, -0.15) is 4.37 Å². The molecule has 0 aliphatic rings. The minimum atomic E-state index is -0.127. The van der Waals surface area contributed by atoms with E-state index in [1.807, 2.05) is 61.5 Å². The van der Waals surface area contributed by atoms with E-state index in [2.05, 4.69) is 9.69 Å². The summed E-state index contributed by atoms with van der Waals surface area (Å²) in [6.07, 6.45) is 0.728. The number of rotatable bonds is 8. The molecule has 0 saturated carbocycles. The number of nitrogens with two attached hydrogens (primary N) is 1. The molecular weight excluding hydrogens is 360 g/mol. The van der Waals surface area contributed by atoms with Gasteiger partial charge < -0.3 is 20.9 Å². The minimum Gasteiger partial charge on any atom is -0.457 e. The molecule has 0 spiro atoms. The molecule has 1 heterocycles. The first-order valence-corrected chi connectivity index (χ1v) is 9.44. The van der Waals surface area contributed by atoms with E-state index in [1.165, 1.54) is 11.5 Å². The first kappa shape index (κ1) is 18.9. The van der Waals surface area contributed by atoms with E-state index in [9.17, 15) is 5.11 Å². The average Bonchev–Trinajstić information content (AvgIpc) is 3.09. The molecule has 140 valence electrons. The van der Waals surface area contributed by atoms with E-state index in [1.54, 1.807) is 0 Å². The molecule has 27 heavy (non-hydrogen) atoms. The standard InChI is InChI=1S/C20H22N4O2S/c1-2-13(12-25)18-17(19(21)22)20(27-24-18)23-14-8-10-16(11-9-14)26-15-6-4-3-5-7-15/h3-11,13,23,25H,2,12H2,1H3,(H3,21,22)/t13-/m0/s1. The van der Waals surface area contributed by atoms with Crippen molar-refractivity contribution in [2.75, 3.05) is 11.9 Å². The van der Waals surface area contributed by atoms with Crippen LogP contribution in [0.4, 0.5) is 10.7 Å². The lowest BCUT2D eigenvalue weighted by Gasteiger charge is -2.12. The highest BCUT2D eigenvalue weighted by atomic mass is 32.1. The Bertz CT molecular complexity index is 890. The van der Waals surface area contributed by atoms with E-state index in [0.717, 1.165) is 23.6 Å². The second kappa shape index (κ2) is 8.66. The number of nitrogens with one attached hydrogen (secondary N) is 2. The molecule has 0 radical (unpaired) electrons. The molecule has 5 N–H and O–H groups in total. The zero-order chi connectivity index (χ0) is 19.2. The van der Waals surface area contributed by atoms with Gasteiger partial charge in [-0.1, -0.05) is 25.1 Å². The van der Waals surface area contributed by atoms with Gasteiger partial charge in [-0.3, -0.25) is 5.41 Å². The summed E-state index contributed by atoms with van der Waals surface area (Å²) in [6.45, 7) is 1.95. The zero-order valence-corrected chi connectivity index (χ0v) is 15.8. The van der Waals surface area contributed by atoms with Crippen molar-refractivity contribution in [1.29, 1.82) is 5.41 Å². The largest absolute Gasteiger partial charge is 0.457 e. The molecule has 0 bridgehead atoms. The molecule has 0 unspecified atom stereocenters. The molecule has 0 fully saturated rings. The lowest BCUT2D eigenvalue weighted by Crippen LogP contribution is -2.17. The summed E-state index contributed by atoms with van der Waals surface area (Å²) in [5.74, 6) is 1.32. The van der Waals surface area contributed by atoms with E-state index in [0.29, 0.717) is 16.3 Å². The first-order valence-electron chi connectivity index (χ1n) is 8.67. The summed E-state index contributed by atoms with van der Waals surface area (Å²) >= 11 is 1.24. The molecule has 3 aromatic rings. The second-order valence-electron chi connectivity index (χ2n) is 6.04. The number of hydrogen-bond donors (Lipinski definition) is 4. The summed E-state index contributed by atoms with van der Waals surface area (Å²) in [4.78, 5) is 0. The van der Waals surface area contributed by atoms with Crippen molar-refractivity contribution < 1.29 is 9.84 Å². The van der Waals surface area contributed by atoms with Crippen molar-refractivity contribution in [3.05, 3.63) is 65.9 Å². The molecule has 0 aliphatic carbocycles. The minimum absolute atomic E-state index is 0.0223. The summed E-state index contributed by atoms with van der Waals surface area (Å²) in [5.41, 5.74) is 7.85. The predicted octanol–water partition coefficient (Wildman–Crippen LogP) is 4.45. The van der Waals surface area contributed by atoms with Crippen LogP contribution in [0.5, 0.6) is 11.5 Å². The molecular formula is C20H22N4O2S. The Morgan fingerprint density at radius 2 is 1.85 bits per heavy atom. The van der Waals surface area contributed by atoms with Gasteiger partial charge in [0, 0.05) is 11.6 Å². The molecule has 1 aromatic heterocycles. The number of hydrogen-bond acceptors (Lipinski definition) is 6. The Kier molecular flexibility index (Phi) is 6.05. The third kappa shape index (κ3) is 4.45. The number of ether oxygens (including phenoxy) is 1. The number of nitrogen functional groups attached to an aromatic ring is 1. The smallest absolute Gasteiger partial charge is 0.127 e. The highest BCUT2D eigenvalue weighted by molar-refractivity contribution is 7.10. The lowest BCUT2D eigenvalue weighted by molar-refractivity contribution is 0.260. The van der Waals surface area contributed by atoms with Gasteiger partial charge in [-0.05, 0) is 54.4 Å². The second-order valence-corrected chi connectivity index (χ2v) is 6.81. The first-order chi connectivity index (χ1) is 13.1. The molecule has 3 rings (SSSR count). The van der Waals surface area contributed by atoms with Gasteiger partial charge in [0.15, 0.2) is 0 Å². The summed E-state index contributed by atoms with van der Waals surface area (Å²) < 4.78 is 10.2. The van der Waals surface area contributed by atoms with E-state index >= 15 is 0 Å². The van der Waals surface area contributed by atoms with Crippen molar-refractivity contribution in [3.63, 3.8) is 0 Å². The van der Waals surface area contributed by atoms with Crippen molar-refractivity contribution >= 4 is 28.1 Å². The summed E-state index contributed by atoms with van der Waals surface area (Å²) in [6, 6.07) is 17.1. The van der Waals surface area contributed by atoms with Crippen molar-refractivity contribution in [2.45, 2.75) is 19.3 Å². The van der Waals surface area contributed by atoms with Gasteiger partial charge >= 0.3 is 0 Å². The fourth-order valence-electron chi connectivity index (χ4n) is 2.70. The third-order valence-electron chi connectivity index (χ3n) is 4.18. The number of para-hydroxylation sites is 1. The number of benzene rings is 2. The van der Waals surface area contributed by atoms with Gasteiger partial charge in [-0.25, -0.2) is 0 Å². The number of aliphatic hydroxyl groups is 1. The van der Waals surface area contributed by atoms with Gasteiger partial charge in [-0.15, -0.1) is 0 Å². The maximum absolute atomic E-state index is 9.56. The van der Waals surface area contributed by atoms with Crippen LogP contribution in [0.2, 0.25) is 0 Å². The molecule has 6 nitrogen and oxygen atoms in total. The fraction of sp³-hybridized carbons (Fsp3) is 0.200. The van der Waals surface area contributed by atoms with Crippen molar-refractivity contribution in [2.24, 2.45) is 5.73 Å². The quantitative estimate of drug-likeness (QED) is 0.340. The maximum atomic E-state index is 9.56. The Morgan fingerprint density at radius 3 is 2.44 bits per heavy atom. The van der Waals surface area contributed by atoms with Crippen LogP contribution >= 0.6 is 11.5 Å². The Morgan fingerprint density at radius 1 is 1.19 bits per heavy atom. The SMILES string of the molecule is CC[C@@H](CO)c1nsc(Nc2ccc(Oc3ccccc3)cc2)c1C(=N)N. The van der Waals surface area contributed by atoms with E-state index in [-0.39, 0.29) is 18.4 Å². The van der Waals surface area contributed by atoms with Crippen LogP contribution in [0.15, 0.2) is 54.6 Å². The predicted molar refractivity (Wildman–Crippen MR) is 109 cm³/mol. The molecule has 0 amide bonds. The van der Waals surface area contributed by atoms with Crippen LogP contribution in [-0.4, -0.2) is 21.9 Å². The van der Waals surface area contributed by atoms with Crippen LogP contribution in [0.25, 0.3) is 0 Å². The molecule has 7 heteroatoms. The summed E-state index contributed by atoms with van der Waals surface area (Å²) in [5, 5.41) is 21.4. The van der Waals surface area contributed by atoms with Gasteiger partial charge in [0.1, 0.15) is 22.3 Å². The monoisotopic (exact) mass is 382 g/mol. The molecule has 0 saturated heterocycles. The number of aliphatic hydroxyl groups excluding tert-OH is 1.